The zero-order valence-corrected chi connectivity index (χ0v) is 8.84. The minimum atomic E-state index is 0.605. The van der Waals surface area contributed by atoms with E-state index in [2.05, 4.69) is 6.08 Å². The van der Waals surface area contributed by atoms with E-state index in [0.29, 0.717) is 6.04 Å². The van der Waals surface area contributed by atoms with E-state index in [1.807, 2.05) is 0 Å². The molecule has 0 bridgehead atoms. The highest BCUT2D eigenvalue weighted by molar-refractivity contribution is 5.90. The third-order valence-corrected chi connectivity index (χ3v) is 3.98. The highest BCUT2D eigenvalue weighted by Gasteiger charge is 2.28. The van der Waals surface area contributed by atoms with Crippen molar-refractivity contribution in [3.05, 3.63) is 11.6 Å². The van der Waals surface area contributed by atoms with Gasteiger partial charge >= 0.3 is 0 Å². The number of aliphatic imine (C=N–C) groups is 1. The van der Waals surface area contributed by atoms with Crippen molar-refractivity contribution >= 4 is 5.71 Å². The normalized spacial score (nSPS) is 36.6. The van der Waals surface area contributed by atoms with Crippen LogP contribution in [0, 0.1) is 5.92 Å². The summed E-state index contributed by atoms with van der Waals surface area (Å²) in [6, 6.07) is 0.605. The van der Waals surface area contributed by atoms with Crippen LogP contribution >= 0.6 is 0 Å². The van der Waals surface area contributed by atoms with Crippen molar-refractivity contribution in [1.82, 2.24) is 0 Å². The molecule has 0 aromatic rings. The van der Waals surface area contributed by atoms with Gasteiger partial charge < -0.3 is 0 Å². The second-order valence-corrected chi connectivity index (χ2v) is 4.98. The first-order chi connectivity index (χ1) is 6.93. The molecule has 2 fully saturated rings. The van der Waals surface area contributed by atoms with E-state index in [-0.39, 0.29) is 0 Å². The van der Waals surface area contributed by atoms with Crippen LogP contribution in [0.2, 0.25) is 0 Å². The van der Waals surface area contributed by atoms with Gasteiger partial charge in [-0.25, -0.2) is 0 Å². The molecule has 76 valence electrons. The van der Waals surface area contributed by atoms with Crippen molar-refractivity contribution in [3.63, 3.8) is 0 Å². The van der Waals surface area contributed by atoms with Gasteiger partial charge in [-0.05, 0) is 44.1 Å². The predicted molar refractivity (Wildman–Crippen MR) is 59.7 cm³/mol. The molecule has 0 N–H and O–H groups in total. The molecule has 0 aromatic carbocycles. The topological polar surface area (TPSA) is 12.4 Å². The zero-order chi connectivity index (χ0) is 9.38. The van der Waals surface area contributed by atoms with E-state index in [4.69, 9.17) is 4.99 Å². The SMILES string of the molecule is C1=C2CCCCC2N=C2CCCCC12. The van der Waals surface area contributed by atoms with Gasteiger partial charge in [0.15, 0.2) is 0 Å². The number of rotatable bonds is 0. The fraction of sp³-hybridized carbons (Fsp3) is 0.769. The molecule has 2 aliphatic carbocycles. The zero-order valence-electron chi connectivity index (χ0n) is 8.84. The molecule has 1 aliphatic heterocycles. The molecule has 2 saturated carbocycles. The molecule has 1 heteroatoms. The van der Waals surface area contributed by atoms with Gasteiger partial charge in [0, 0.05) is 11.6 Å². The molecular formula is C13H19N. The van der Waals surface area contributed by atoms with Gasteiger partial charge in [0.05, 0.1) is 6.04 Å². The highest BCUT2D eigenvalue weighted by atomic mass is 14.8. The molecular weight excluding hydrogens is 170 g/mol. The quantitative estimate of drug-likeness (QED) is 0.517. The van der Waals surface area contributed by atoms with Gasteiger partial charge in [0.1, 0.15) is 0 Å². The van der Waals surface area contributed by atoms with Crippen LogP contribution in [0.3, 0.4) is 0 Å². The summed E-state index contributed by atoms with van der Waals surface area (Å²) in [6.45, 7) is 0. The van der Waals surface area contributed by atoms with Crippen molar-refractivity contribution in [1.29, 1.82) is 0 Å². The summed E-state index contributed by atoms with van der Waals surface area (Å²) in [5.74, 6) is 0.744. The molecule has 1 heterocycles. The summed E-state index contributed by atoms with van der Waals surface area (Å²) in [5.41, 5.74) is 3.21. The van der Waals surface area contributed by atoms with Crippen molar-refractivity contribution in [2.75, 3.05) is 0 Å². The minimum Gasteiger partial charge on any atom is -0.286 e. The summed E-state index contributed by atoms with van der Waals surface area (Å²) in [5, 5.41) is 0. The number of hydrogen-bond acceptors (Lipinski definition) is 1. The van der Waals surface area contributed by atoms with Crippen LogP contribution in [-0.4, -0.2) is 11.8 Å². The molecule has 0 aromatic heterocycles. The van der Waals surface area contributed by atoms with E-state index in [0.717, 1.165) is 5.92 Å². The predicted octanol–water partition coefficient (Wildman–Crippen LogP) is 3.50. The summed E-state index contributed by atoms with van der Waals surface area (Å²) >= 11 is 0. The number of fused-ring (bicyclic) bond motifs is 2. The van der Waals surface area contributed by atoms with Gasteiger partial charge in [-0.1, -0.05) is 18.9 Å². The lowest BCUT2D eigenvalue weighted by atomic mass is 9.79. The van der Waals surface area contributed by atoms with Crippen LogP contribution < -0.4 is 0 Å². The Morgan fingerprint density at radius 1 is 1.00 bits per heavy atom. The Bertz CT molecular complexity index is 258. The Kier molecular flexibility index (Phi) is 2.19. The summed E-state index contributed by atoms with van der Waals surface area (Å²) in [4.78, 5) is 4.97. The maximum absolute atomic E-state index is 4.97. The second kappa shape index (κ2) is 3.52. The third-order valence-electron chi connectivity index (χ3n) is 3.98. The first-order valence-electron chi connectivity index (χ1n) is 6.20. The van der Waals surface area contributed by atoms with Crippen LogP contribution in [0.15, 0.2) is 16.6 Å². The number of allylic oxidation sites excluding steroid dienone is 1. The number of nitrogens with zero attached hydrogens (tertiary/aromatic N) is 1. The van der Waals surface area contributed by atoms with Crippen molar-refractivity contribution in [3.8, 4) is 0 Å². The van der Waals surface area contributed by atoms with Gasteiger partial charge in [0.2, 0.25) is 0 Å². The van der Waals surface area contributed by atoms with Crippen molar-refractivity contribution in [2.24, 2.45) is 10.9 Å². The van der Waals surface area contributed by atoms with Crippen LogP contribution in [0.1, 0.15) is 51.4 Å². The molecule has 3 aliphatic rings. The first-order valence-corrected chi connectivity index (χ1v) is 6.20. The van der Waals surface area contributed by atoms with E-state index in [1.54, 1.807) is 5.57 Å². The summed E-state index contributed by atoms with van der Waals surface area (Å²) < 4.78 is 0. The Labute approximate surface area is 86.3 Å². The van der Waals surface area contributed by atoms with Gasteiger partial charge in [-0.2, -0.15) is 0 Å². The van der Waals surface area contributed by atoms with Gasteiger partial charge in [-0.15, -0.1) is 0 Å². The molecule has 0 saturated heterocycles. The number of dihydropyridines is 1. The molecule has 14 heavy (non-hydrogen) atoms. The van der Waals surface area contributed by atoms with Crippen LogP contribution in [-0.2, 0) is 0 Å². The van der Waals surface area contributed by atoms with E-state index >= 15 is 0 Å². The molecule has 1 nitrogen and oxygen atoms in total. The van der Waals surface area contributed by atoms with Crippen molar-refractivity contribution in [2.45, 2.75) is 57.4 Å². The van der Waals surface area contributed by atoms with Crippen LogP contribution in [0.5, 0.6) is 0 Å². The minimum absolute atomic E-state index is 0.605. The Morgan fingerprint density at radius 3 is 2.86 bits per heavy atom. The molecule has 0 spiro atoms. The maximum Gasteiger partial charge on any atom is 0.0708 e. The molecule has 2 atom stereocenters. The van der Waals surface area contributed by atoms with E-state index in [1.165, 1.54) is 57.1 Å². The smallest absolute Gasteiger partial charge is 0.0708 e. The molecule has 0 radical (unpaired) electrons. The molecule has 3 rings (SSSR count). The Hall–Kier alpha value is -0.590. The summed E-state index contributed by atoms with van der Waals surface area (Å²) in [7, 11) is 0. The first kappa shape index (κ1) is 8.70. The fourth-order valence-electron chi connectivity index (χ4n) is 3.18. The molecule has 2 unspecified atom stereocenters. The van der Waals surface area contributed by atoms with E-state index in [9.17, 15) is 0 Å². The lowest BCUT2D eigenvalue weighted by Crippen LogP contribution is -2.28. The summed E-state index contributed by atoms with van der Waals surface area (Å²) in [6.07, 6.45) is 13.5. The van der Waals surface area contributed by atoms with Gasteiger partial charge in [-0.3, -0.25) is 4.99 Å². The molecule has 0 amide bonds. The average molecular weight is 189 g/mol. The third kappa shape index (κ3) is 1.43. The maximum atomic E-state index is 4.97. The lowest BCUT2D eigenvalue weighted by Gasteiger charge is -2.33. The average Bonchev–Trinajstić information content (AvgIpc) is 2.26. The monoisotopic (exact) mass is 189 g/mol. The lowest BCUT2D eigenvalue weighted by molar-refractivity contribution is 0.499. The Balaban J connectivity index is 1.86. The van der Waals surface area contributed by atoms with E-state index < -0.39 is 0 Å². The largest absolute Gasteiger partial charge is 0.286 e. The van der Waals surface area contributed by atoms with Crippen molar-refractivity contribution < 1.29 is 0 Å². The van der Waals surface area contributed by atoms with Gasteiger partial charge in [0.25, 0.3) is 0 Å². The standard InChI is InChI=1S/C13H19N/c1-3-7-12-10(5-1)9-11-6-2-4-8-13(11)14-12/h9-10,13H,1-8H2. The second-order valence-electron chi connectivity index (χ2n) is 4.98. The fourth-order valence-corrected chi connectivity index (χ4v) is 3.18. The highest BCUT2D eigenvalue weighted by Crippen LogP contribution is 2.35. The van der Waals surface area contributed by atoms with Crippen LogP contribution in [0.4, 0.5) is 0 Å². The Morgan fingerprint density at radius 2 is 1.86 bits per heavy atom. The van der Waals surface area contributed by atoms with Crippen LogP contribution in [0.25, 0.3) is 0 Å². The number of hydrogen-bond donors (Lipinski definition) is 0.